The molecule has 45 heavy (non-hydrogen) atoms. The highest BCUT2D eigenvalue weighted by Gasteiger charge is 2.44. The highest BCUT2D eigenvalue weighted by Crippen LogP contribution is 2.47. The van der Waals surface area contributed by atoms with E-state index in [4.69, 9.17) is 16.9 Å². The normalized spacial score (nSPS) is 22.8. The summed E-state index contributed by atoms with van der Waals surface area (Å²) >= 11 is 6.20. The Morgan fingerprint density at radius 1 is 0.956 bits per heavy atom. The lowest BCUT2D eigenvalue weighted by molar-refractivity contribution is -0.137. The van der Waals surface area contributed by atoms with Crippen molar-refractivity contribution in [1.82, 2.24) is 25.0 Å². The van der Waals surface area contributed by atoms with Crippen molar-refractivity contribution in [3.8, 4) is 6.07 Å². The molecule has 6 rings (SSSR count). The number of likely N-dealkylation sites (tertiary alicyclic amines) is 1. The van der Waals surface area contributed by atoms with E-state index in [2.05, 4.69) is 31.7 Å². The summed E-state index contributed by atoms with van der Waals surface area (Å²) in [6.07, 6.45) is 16.8. The fraction of sp³-hybridized carbons (Fsp3) is 0.556. The molecule has 2 aromatic carbocycles. The first-order valence-corrected chi connectivity index (χ1v) is 17.3. The molecule has 3 aliphatic rings. The van der Waals surface area contributed by atoms with Crippen molar-refractivity contribution in [1.29, 1.82) is 5.26 Å². The minimum Gasteiger partial charge on any atom is -0.382 e. The summed E-state index contributed by atoms with van der Waals surface area (Å²) in [6, 6.07) is 18.2. The number of piperidine rings is 1. The van der Waals surface area contributed by atoms with Gasteiger partial charge in [0.25, 0.3) is 0 Å². The van der Waals surface area contributed by atoms with Crippen LogP contribution in [0.1, 0.15) is 81.8 Å². The number of anilines is 1. The van der Waals surface area contributed by atoms with E-state index < -0.39 is 0 Å². The van der Waals surface area contributed by atoms with Crippen LogP contribution in [0.4, 0.5) is 5.69 Å². The van der Waals surface area contributed by atoms with Crippen LogP contribution >= 0.6 is 11.6 Å². The van der Waals surface area contributed by atoms with E-state index in [9.17, 15) is 4.79 Å². The number of nitrogens with zero attached hydrogens (tertiary/aromatic N) is 5. The van der Waals surface area contributed by atoms with Crippen LogP contribution in [0, 0.1) is 22.7 Å². The van der Waals surface area contributed by atoms with Crippen LogP contribution < -0.4 is 10.6 Å². The second kappa shape index (κ2) is 14.8. The van der Waals surface area contributed by atoms with Gasteiger partial charge in [0.2, 0.25) is 5.91 Å². The summed E-state index contributed by atoms with van der Waals surface area (Å²) in [6.45, 7) is 2.49. The Kier molecular flexibility index (Phi) is 10.4. The standard InChI is InChI=1S/C36H46ClN7O/c37-30-10-6-27(7-11-30)22-34(42-33-16-14-32(15-17-33)41-31-12-8-28(23-38)9-13-31)35(45)43-20-18-36(19-21-43,24-44-26-39-25-40-44)29-4-2-1-3-5-29/h6-13,25-26,29,32-34,41-42H,1-5,14-22,24H2/t32?,33?,34-/m1/s1. The van der Waals surface area contributed by atoms with Crippen molar-refractivity contribution in [2.24, 2.45) is 11.3 Å². The monoisotopic (exact) mass is 627 g/mol. The van der Waals surface area contributed by atoms with E-state index in [1.54, 1.807) is 6.33 Å². The summed E-state index contributed by atoms with van der Waals surface area (Å²) in [5, 5.41) is 21.7. The zero-order valence-corrected chi connectivity index (χ0v) is 27.0. The fourth-order valence-electron chi connectivity index (χ4n) is 8.08. The quantitative estimate of drug-likeness (QED) is 0.262. The molecule has 0 radical (unpaired) electrons. The molecule has 0 bridgehead atoms. The van der Waals surface area contributed by atoms with Gasteiger partial charge in [0.05, 0.1) is 17.7 Å². The molecule has 238 valence electrons. The summed E-state index contributed by atoms with van der Waals surface area (Å²) in [7, 11) is 0. The van der Waals surface area contributed by atoms with E-state index in [1.165, 1.54) is 32.1 Å². The summed E-state index contributed by atoms with van der Waals surface area (Å²) in [5.74, 6) is 0.907. The molecule has 0 unspecified atom stereocenters. The van der Waals surface area contributed by atoms with E-state index >= 15 is 0 Å². The van der Waals surface area contributed by atoms with Gasteiger partial charge in [0, 0.05) is 42.4 Å². The Hall–Kier alpha value is -3.41. The summed E-state index contributed by atoms with van der Waals surface area (Å²) < 4.78 is 2.02. The SMILES string of the molecule is N#Cc1ccc(NC2CCC(N[C@H](Cc3ccc(Cl)cc3)C(=O)N3CCC(Cn4cncn4)(C4CCCCC4)CC3)CC2)cc1. The molecule has 3 aromatic rings. The first kappa shape index (κ1) is 31.6. The number of nitrogens with one attached hydrogen (secondary N) is 2. The van der Waals surface area contributed by atoms with Crippen molar-refractivity contribution in [3.63, 3.8) is 0 Å². The molecule has 1 aromatic heterocycles. The van der Waals surface area contributed by atoms with E-state index in [-0.39, 0.29) is 17.4 Å². The van der Waals surface area contributed by atoms with Crippen LogP contribution in [0.25, 0.3) is 0 Å². The zero-order valence-electron chi connectivity index (χ0n) is 26.2. The van der Waals surface area contributed by atoms with Gasteiger partial charge < -0.3 is 15.5 Å². The highest BCUT2D eigenvalue weighted by atomic mass is 35.5. The van der Waals surface area contributed by atoms with Gasteiger partial charge >= 0.3 is 0 Å². The van der Waals surface area contributed by atoms with Crippen LogP contribution in [-0.2, 0) is 17.8 Å². The maximum atomic E-state index is 14.3. The third kappa shape index (κ3) is 8.06. The number of hydrogen-bond acceptors (Lipinski definition) is 6. The first-order chi connectivity index (χ1) is 22.0. The van der Waals surface area contributed by atoms with Crippen LogP contribution in [0.3, 0.4) is 0 Å². The predicted molar refractivity (Wildman–Crippen MR) is 178 cm³/mol. The number of aromatic nitrogens is 3. The van der Waals surface area contributed by atoms with Crippen LogP contribution in [-0.4, -0.2) is 56.8 Å². The van der Waals surface area contributed by atoms with Crippen LogP contribution in [0.5, 0.6) is 0 Å². The molecule has 0 spiro atoms. The Bertz CT molecular complexity index is 1400. The minimum absolute atomic E-state index is 0.171. The number of carbonyl (C=O) groups is 1. The molecule has 8 nitrogen and oxygen atoms in total. The van der Waals surface area contributed by atoms with Gasteiger partial charge in [-0.3, -0.25) is 9.48 Å². The molecular weight excluding hydrogens is 582 g/mol. The number of carbonyl (C=O) groups excluding carboxylic acids is 1. The molecule has 1 amide bonds. The zero-order chi connectivity index (χ0) is 31.1. The third-order valence-electron chi connectivity index (χ3n) is 10.7. The number of halogens is 1. The number of benzene rings is 2. The van der Waals surface area contributed by atoms with Gasteiger partial charge in [-0.05, 0) is 111 Å². The van der Waals surface area contributed by atoms with Gasteiger partial charge in [-0.25, -0.2) is 4.98 Å². The van der Waals surface area contributed by atoms with Gasteiger partial charge in [0.1, 0.15) is 12.7 Å². The molecule has 1 aliphatic heterocycles. The number of hydrogen-bond donors (Lipinski definition) is 2. The molecule has 1 atom stereocenters. The van der Waals surface area contributed by atoms with Gasteiger partial charge in [-0.1, -0.05) is 43.0 Å². The Balaban J connectivity index is 1.10. The van der Waals surface area contributed by atoms with Crippen molar-refractivity contribution in [2.75, 3.05) is 18.4 Å². The molecule has 9 heteroatoms. The molecule has 1 saturated heterocycles. The van der Waals surface area contributed by atoms with Crippen LogP contribution in [0.15, 0.2) is 61.2 Å². The maximum Gasteiger partial charge on any atom is 0.240 e. The van der Waals surface area contributed by atoms with Crippen molar-refractivity contribution in [2.45, 2.75) is 102 Å². The van der Waals surface area contributed by atoms with E-state index in [0.717, 1.165) is 69.4 Å². The second-order valence-corrected chi connectivity index (χ2v) is 14.0. The average Bonchev–Trinajstić information content (AvgIpc) is 3.60. The van der Waals surface area contributed by atoms with Crippen molar-refractivity contribution >= 4 is 23.2 Å². The molecule has 2 aliphatic carbocycles. The van der Waals surface area contributed by atoms with Crippen molar-refractivity contribution in [3.05, 3.63) is 77.3 Å². The smallest absolute Gasteiger partial charge is 0.240 e. The lowest BCUT2D eigenvalue weighted by atomic mass is 9.63. The molecular formula is C36H46ClN7O. The Morgan fingerprint density at radius 2 is 1.64 bits per heavy atom. The van der Waals surface area contributed by atoms with Crippen molar-refractivity contribution < 1.29 is 4.79 Å². The van der Waals surface area contributed by atoms with Gasteiger partial charge in [-0.15, -0.1) is 0 Å². The topological polar surface area (TPSA) is 98.9 Å². The number of nitriles is 1. The predicted octanol–water partition coefficient (Wildman–Crippen LogP) is 6.62. The molecule has 2 saturated carbocycles. The highest BCUT2D eigenvalue weighted by molar-refractivity contribution is 6.30. The summed E-state index contributed by atoms with van der Waals surface area (Å²) in [5.41, 5.74) is 3.03. The number of rotatable bonds is 10. The number of amides is 1. The molecule has 2 N–H and O–H groups in total. The Labute approximate surface area is 272 Å². The average molecular weight is 628 g/mol. The molecule has 2 heterocycles. The lowest BCUT2D eigenvalue weighted by Gasteiger charge is -2.48. The van der Waals surface area contributed by atoms with Crippen LogP contribution in [0.2, 0.25) is 5.02 Å². The fourth-order valence-corrected chi connectivity index (χ4v) is 8.21. The Morgan fingerprint density at radius 3 is 2.29 bits per heavy atom. The maximum absolute atomic E-state index is 14.3. The lowest BCUT2D eigenvalue weighted by Crippen LogP contribution is -2.55. The van der Waals surface area contributed by atoms with Gasteiger partial charge in [0.15, 0.2) is 0 Å². The van der Waals surface area contributed by atoms with Gasteiger partial charge in [-0.2, -0.15) is 10.4 Å². The molecule has 3 fully saturated rings. The third-order valence-corrected chi connectivity index (χ3v) is 10.9. The summed E-state index contributed by atoms with van der Waals surface area (Å²) in [4.78, 5) is 20.6. The van der Waals surface area contributed by atoms with E-state index in [0.29, 0.717) is 35.0 Å². The van der Waals surface area contributed by atoms with E-state index in [1.807, 2.05) is 59.5 Å². The second-order valence-electron chi connectivity index (χ2n) is 13.5. The first-order valence-electron chi connectivity index (χ1n) is 16.9. The largest absolute Gasteiger partial charge is 0.382 e. The minimum atomic E-state index is -0.267.